The Morgan fingerprint density at radius 3 is 1.86 bits per heavy atom. The fraction of sp³-hybridized carbons (Fsp3) is 0.941. The summed E-state index contributed by atoms with van der Waals surface area (Å²) in [5, 5.41) is 0.864. The summed E-state index contributed by atoms with van der Waals surface area (Å²) >= 11 is -1.47. The van der Waals surface area contributed by atoms with Crippen LogP contribution in [0.4, 0.5) is 0 Å². The topological polar surface area (TPSA) is 52.3 Å². The van der Waals surface area contributed by atoms with Gasteiger partial charge < -0.3 is 0 Å². The van der Waals surface area contributed by atoms with E-state index in [-0.39, 0.29) is 5.97 Å². The maximum atomic E-state index is 11.5. The van der Waals surface area contributed by atoms with E-state index < -0.39 is 24.4 Å². The first kappa shape index (κ1) is 22.7. The fourth-order valence-corrected chi connectivity index (χ4v) is 31.9. The van der Waals surface area contributed by atoms with Gasteiger partial charge in [-0.25, -0.2) is 0 Å². The van der Waals surface area contributed by atoms with Crippen molar-refractivity contribution in [2.75, 3.05) is 7.11 Å². The fourth-order valence-electron chi connectivity index (χ4n) is 2.87. The van der Waals surface area contributed by atoms with Gasteiger partial charge in [0.1, 0.15) is 0 Å². The van der Waals surface area contributed by atoms with Crippen molar-refractivity contribution in [1.82, 2.24) is 0 Å². The van der Waals surface area contributed by atoms with Crippen molar-refractivity contribution < 1.29 is 9.53 Å². The number of hydrogen-bond acceptors (Lipinski definition) is 3. The van der Waals surface area contributed by atoms with Crippen molar-refractivity contribution in [2.24, 2.45) is 5.73 Å². The molecule has 0 aromatic carbocycles. The van der Waals surface area contributed by atoms with E-state index in [1.165, 1.54) is 49.0 Å². The van der Waals surface area contributed by atoms with E-state index in [2.05, 4.69) is 20.8 Å². The molecule has 0 aliphatic heterocycles. The van der Waals surface area contributed by atoms with E-state index in [1.54, 1.807) is 13.3 Å². The van der Waals surface area contributed by atoms with Gasteiger partial charge in [0.05, 0.1) is 0 Å². The van der Waals surface area contributed by atoms with Gasteiger partial charge in [-0.3, -0.25) is 0 Å². The molecule has 3 nitrogen and oxygen atoms in total. The molecule has 0 rings (SSSR count). The van der Waals surface area contributed by atoms with E-state index in [0.717, 1.165) is 5.32 Å². The Balaban J connectivity index is 4.60. The normalized spacial score (nSPS) is 13.1. The molecular weight excluding hydrogens is 448 g/mol. The van der Waals surface area contributed by atoms with Crippen molar-refractivity contribution in [3.63, 3.8) is 0 Å². The van der Waals surface area contributed by atoms with Crippen LogP contribution in [0, 0.1) is 0 Å². The van der Waals surface area contributed by atoms with Gasteiger partial charge in [-0.2, -0.15) is 0 Å². The maximum absolute atomic E-state index is 11.5. The third kappa shape index (κ3) is 9.79. The van der Waals surface area contributed by atoms with Crippen LogP contribution < -0.4 is 5.73 Å². The number of nitrogens with two attached hydrogens (primary N) is 1. The third-order valence-corrected chi connectivity index (χ3v) is 31.6. The van der Waals surface area contributed by atoms with Gasteiger partial charge in [0.25, 0.3) is 0 Å². The number of methoxy groups -OCH3 is 1. The summed E-state index contributed by atoms with van der Waals surface area (Å²) in [6, 6.07) is -0.391. The first-order valence-electron chi connectivity index (χ1n) is 8.96. The van der Waals surface area contributed by atoms with Crippen molar-refractivity contribution >= 4 is 39.3 Å². The minimum absolute atomic E-state index is 0.238. The van der Waals surface area contributed by atoms with Crippen molar-refractivity contribution in [1.29, 1.82) is 0 Å². The summed E-state index contributed by atoms with van der Waals surface area (Å²) in [5.74, 6) is -0.238. The molecule has 5 heteroatoms. The van der Waals surface area contributed by atoms with Crippen LogP contribution in [0.25, 0.3) is 0 Å². The van der Waals surface area contributed by atoms with E-state index in [1.807, 2.05) is 0 Å². The summed E-state index contributed by atoms with van der Waals surface area (Å²) in [6.07, 6.45) is 8.23. The van der Waals surface area contributed by atoms with Crippen LogP contribution in [-0.4, -0.2) is 52.5 Å². The van der Waals surface area contributed by atoms with Crippen LogP contribution >= 0.6 is 0 Å². The predicted octanol–water partition coefficient (Wildman–Crippen LogP) is 4.42. The predicted molar refractivity (Wildman–Crippen MR) is 100 cm³/mol. The number of unbranched alkanes of at least 4 members (excludes halogenated alkanes) is 3. The summed E-state index contributed by atoms with van der Waals surface area (Å²) < 4.78 is 10.9. The van der Waals surface area contributed by atoms with Crippen LogP contribution in [0.15, 0.2) is 0 Å². The van der Waals surface area contributed by atoms with E-state index in [4.69, 9.17) is 10.5 Å². The molecule has 1 atom stereocenters. The Morgan fingerprint density at radius 1 is 1.05 bits per heavy atom. The SMILES string of the molecule is CCC[CH2][Sn]([CH2]CCC)([CH2]CCC)[CH2][Se]C[C@H](N)C(=O)OC. The van der Waals surface area contributed by atoms with Crippen molar-refractivity contribution in [2.45, 2.75) is 87.3 Å². The molecule has 132 valence electrons. The minimum atomic E-state index is -1.99. The van der Waals surface area contributed by atoms with Gasteiger partial charge in [-0.15, -0.1) is 0 Å². The molecule has 0 saturated carbocycles. The van der Waals surface area contributed by atoms with Crippen LogP contribution in [0.3, 0.4) is 0 Å². The van der Waals surface area contributed by atoms with E-state index in [9.17, 15) is 4.79 Å². The molecule has 0 unspecified atom stereocenters. The van der Waals surface area contributed by atoms with Gasteiger partial charge in [0, 0.05) is 0 Å². The van der Waals surface area contributed by atoms with E-state index in [0.29, 0.717) is 15.0 Å². The molecule has 0 heterocycles. The van der Waals surface area contributed by atoms with Gasteiger partial charge in [-0.05, 0) is 0 Å². The summed E-state index contributed by atoms with van der Waals surface area (Å²) in [5.41, 5.74) is 5.92. The Morgan fingerprint density at radius 2 is 1.50 bits per heavy atom. The standard InChI is InChI=1S/C5H10NO2Se.3C4H9.Sn/c1-8-5(7)4(6)3-9-2;3*1-3-4-2;/h4H,2-3,6H2,1H3;3*1,3-4H2,2H3;/t4-;;;;/m0..../s1. The molecular formula is C17H37NO2SeSn. The molecule has 2 N–H and O–H groups in total. The van der Waals surface area contributed by atoms with Crippen molar-refractivity contribution in [3.05, 3.63) is 0 Å². The summed E-state index contributed by atoms with van der Waals surface area (Å²) in [7, 11) is 1.43. The monoisotopic (exact) mass is 487 g/mol. The molecule has 0 amide bonds. The van der Waals surface area contributed by atoms with Gasteiger partial charge >= 0.3 is 149 Å². The second-order valence-electron chi connectivity index (χ2n) is 6.46. The van der Waals surface area contributed by atoms with Crippen LogP contribution in [0.1, 0.15) is 59.3 Å². The average Bonchev–Trinajstić information content (AvgIpc) is 2.54. The molecule has 22 heavy (non-hydrogen) atoms. The Kier molecular flexibility index (Phi) is 14.6. The Hall–Kier alpha value is 0.748. The van der Waals surface area contributed by atoms with Gasteiger partial charge in [0.2, 0.25) is 0 Å². The molecule has 0 fully saturated rings. The quantitative estimate of drug-likeness (QED) is 0.293. The zero-order valence-corrected chi connectivity index (χ0v) is 19.7. The van der Waals surface area contributed by atoms with Gasteiger partial charge in [-0.1, -0.05) is 0 Å². The Bertz CT molecular complexity index is 268. The second kappa shape index (κ2) is 14.1. The summed E-state index contributed by atoms with van der Waals surface area (Å²) in [6.45, 7) is 6.94. The number of rotatable bonds is 14. The van der Waals surface area contributed by atoms with Crippen LogP contribution in [0.5, 0.6) is 0 Å². The Labute approximate surface area is 148 Å². The zero-order chi connectivity index (χ0) is 16.8. The summed E-state index contributed by atoms with van der Waals surface area (Å²) in [4.78, 5) is 11.5. The molecule has 0 bridgehead atoms. The first-order chi connectivity index (χ1) is 10.5. The van der Waals surface area contributed by atoms with Crippen molar-refractivity contribution in [3.8, 4) is 0 Å². The molecule has 0 aromatic heterocycles. The van der Waals surface area contributed by atoms with Crippen LogP contribution in [-0.2, 0) is 9.53 Å². The third-order valence-electron chi connectivity index (χ3n) is 4.39. The molecule has 0 spiro atoms. The molecule has 0 radical (unpaired) electrons. The molecule has 0 saturated heterocycles. The number of ether oxygens (including phenoxy) is 1. The van der Waals surface area contributed by atoms with Crippen LogP contribution in [0.2, 0.25) is 22.0 Å². The van der Waals surface area contributed by atoms with Gasteiger partial charge in [0.15, 0.2) is 0 Å². The second-order valence-corrected chi connectivity index (χ2v) is 25.7. The number of esters is 1. The first-order valence-corrected chi connectivity index (χ1v) is 19.5. The number of carbonyl (C=O) groups is 1. The molecule has 0 aliphatic rings. The molecule has 0 aromatic rings. The van der Waals surface area contributed by atoms with E-state index >= 15 is 0 Å². The zero-order valence-electron chi connectivity index (χ0n) is 15.2. The number of carbonyl (C=O) groups excluding carboxylic acids is 1. The molecule has 0 aliphatic carbocycles. The number of hydrogen-bond donors (Lipinski definition) is 1. The average molecular weight is 485 g/mol.